The molecule has 0 radical (unpaired) electrons. The smallest absolute Gasteiger partial charge is 0.262 e. The molecule has 3 aromatic rings. The third-order valence-electron chi connectivity index (χ3n) is 6.68. The van der Waals surface area contributed by atoms with Gasteiger partial charge in [-0.1, -0.05) is 19.8 Å². The molecule has 0 amide bonds. The summed E-state index contributed by atoms with van der Waals surface area (Å²) in [5, 5.41) is 5.12. The second kappa shape index (κ2) is 8.03. The van der Waals surface area contributed by atoms with Crippen LogP contribution >= 0.6 is 0 Å². The van der Waals surface area contributed by atoms with Gasteiger partial charge in [-0.05, 0) is 24.8 Å². The number of nitrogens with one attached hydrogen (secondary N) is 1. The average Bonchev–Trinajstić information content (AvgIpc) is 3.47. The minimum atomic E-state index is -0.0821. The lowest BCUT2D eigenvalue weighted by Gasteiger charge is -2.17. The molecule has 164 valence electrons. The van der Waals surface area contributed by atoms with E-state index in [2.05, 4.69) is 31.9 Å². The van der Waals surface area contributed by atoms with Gasteiger partial charge in [0.15, 0.2) is 5.65 Å². The fourth-order valence-corrected chi connectivity index (χ4v) is 5.01. The molecule has 1 aliphatic carbocycles. The van der Waals surface area contributed by atoms with Crippen molar-refractivity contribution >= 4 is 17.0 Å². The van der Waals surface area contributed by atoms with Crippen LogP contribution < -0.4 is 10.5 Å². The van der Waals surface area contributed by atoms with Gasteiger partial charge in [0, 0.05) is 45.8 Å². The van der Waals surface area contributed by atoms with Crippen molar-refractivity contribution in [1.29, 1.82) is 0 Å². The monoisotopic (exact) mass is 422 g/mol. The number of hydrogen-bond donors (Lipinski definition) is 1. The van der Waals surface area contributed by atoms with Crippen LogP contribution in [-0.4, -0.2) is 61.8 Å². The van der Waals surface area contributed by atoms with Gasteiger partial charge in [-0.3, -0.25) is 9.69 Å². The van der Waals surface area contributed by atoms with E-state index in [1.807, 2.05) is 35.9 Å². The Bertz CT molecular complexity index is 1130. The molecule has 2 fully saturated rings. The molecule has 2 atom stereocenters. The zero-order valence-corrected chi connectivity index (χ0v) is 18.5. The minimum absolute atomic E-state index is 0.0821. The highest BCUT2D eigenvalue weighted by atomic mass is 16.1. The Morgan fingerprint density at radius 2 is 2.00 bits per heavy atom. The molecule has 2 aliphatic rings. The maximum Gasteiger partial charge on any atom is 0.262 e. The molecule has 9 heteroatoms. The summed E-state index contributed by atoms with van der Waals surface area (Å²) in [4.78, 5) is 34.0. The van der Waals surface area contributed by atoms with Gasteiger partial charge in [0.05, 0.1) is 17.9 Å². The molecule has 0 unspecified atom stereocenters. The Morgan fingerprint density at radius 1 is 1.19 bits per heavy atom. The van der Waals surface area contributed by atoms with Crippen LogP contribution in [0.3, 0.4) is 0 Å². The Hall–Kier alpha value is -2.81. The highest BCUT2D eigenvalue weighted by Crippen LogP contribution is 2.33. The van der Waals surface area contributed by atoms with Gasteiger partial charge >= 0.3 is 0 Å². The first-order chi connectivity index (χ1) is 15.0. The largest absolute Gasteiger partial charge is 0.347 e. The molecule has 9 nitrogen and oxygen atoms in total. The summed E-state index contributed by atoms with van der Waals surface area (Å²) in [6, 6.07) is 2.33. The Labute approximate surface area is 181 Å². The summed E-state index contributed by atoms with van der Waals surface area (Å²) in [5.41, 5.74) is 1.66. The van der Waals surface area contributed by atoms with Gasteiger partial charge < -0.3 is 9.88 Å². The van der Waals surface area contributed by atoms with E-state index in [9.17, 15) is 4.79 Å². The molecule has 1 saturated heterocycles. The van der Waals surface area contributed by atoms with E-state index >= 15 is 0 Å². The van der Waals surface area contributed by atoms with Gasteiger partial charge in [-0.2, -0.15) is 5.10 Å². The molecule has 0 aromatic carbocycles. The van der Waals surface area contributed by atoms with Gasteiger partial charge in [0.25, 0.3) is 5.56 Å². The third kappa shape index (κ3) is 3.82. The lowest BCUT2D eigenvalue weighted by Crippen LogP contribution is -2.23. The molecule has 1 saturated carbocycles. The topological polar surface area (TPSA) is 95.8 Å². The Morgan fingerprint density at radius 3 is 2.77 bits per heavy atom. The number of fused-ring (bicyclic) bond motifs is 1. The molecule has 0 bridgehead atoms. The second-order valence-electron chi connectivity index (χ2n) is 9.24. The first-order valence-corrected chi connectivity index (χ1v) is 11.2. The molecule has 3 aromatic heterocycles. The predicted molar refractivity (Wildman–Crippen MR) is 119 cm³/mol. The lowest BCUT2D eigenvalue weighted by molar-refractivity contribution is 0.314. The van der Waals surface area contributed by atoms with Crippen LogP contribution in [-0.2, 0) is 6.54 Å². The molecule has 0 spiro atoms. The van der Waals surface area contributed by atoms with Gasteiger partial charge in [-0.15, -0.1) is 0 Å². The van der Waals surface area contributed by atoms with Crippen LogP contribution in [0.5, 0.6) is 0 Å². The van der Waals surface area contributed by atoms with Crippen molar-refractivity contribution < 1.29 is 0 Å². The summed E-state index contributed by atoms with van der Waals surface area (Å²) in [6.07, 6.45) is 8.14. The molecule has 1 aliphatic heterocycles. The second-order valence-corrected chi connectivity index (χ2v) is 9.24. The molecule has 4 heterocycles. The minimum Gasteiger partial charge on any atom is -0.347 e. The van der Waals surface area contributed by atoms with Gasteiger partial charge in [0.1, 0.15) is 11.2 Å². The average molecular weight is 423 g/mol. The zero-order valence-electron chi connectivity index (χ0n) is 18.5. The molecular weight excluding hydrogens is 392 g/mol. The fraction of sp³-hybridized carbons (Fsp3) is 0.591. The summed E-state index contributed by atoms with van der Waals surface area (Å²) in [7, 11) is 3.89. The summed E-state index contributed by atoms with van der Waals surface area (Å²) < 4.78 is 1.99. The number of rotatable bonds is 5. The van der Waals surface area contributed by atoms with Crippen molar-refractivity contribution in [3.8, 4) is 0 Å². The van der Waals surface area contributed by atoms with Crippen LogP contribution in [0.15, 0.2) is 23.3 Å². The Kier molecular flexibility index (Phi) is 5.21. The van der Waals surface area contributed by atoms with Crippen molar-refractivity contribution in [2.75, 3.05) is 32.1 Å². The van der Waals surface area contributed by atoms with Gasteiger partial charge in [0.2, 0.25) is 5.95 Å². The van der Waals surface area contributed by atoms with Crippen molar-refractivity contribution in [3.05, 3.63) is 40.3 Å². The summed E-state index contributed by atoms with van der Waals surface area (Å²) in [5.74, 6) is 2.07. The standard InChI is InChI=1S/C22H30N8O/c1-14-11-29(12-15-8-9-23-22(25-15)28(2)3)13-18(14)19-26-20-17(21(31)27-19)10-24-30(20)16-6-4-5-7-16/h8-10,14,16,18H,4-7,11-13H2,1-3H3,(H,26,27,31)/t14-,18-/m1/s1. The third-order valence-corrected chi connectivity index (χ3v) is 6.68. The highest BCUT2D eigenvalue weighted by Gasteiger charge is 2.33. The first kappa shape index (κ1) is 20.1. The van der Waals surface area contributed by atoms with Crippen LogP contribution in [0, 0.1) is 5.92 Å². The quantitative estimate of drug-likeness (QED) is 0.674. The number of anilines is 1. The number of aromatic nitrogens is 6. The maximum absolute atomic E-state index is 12.8. The van der Waals surface area contributed by atoms with Crippen molar-refractivity contribution in [1.82, 2.24) is 34.6 Å². The van der Waals surface area contributed by atoms with Crippen molar-refractivity contribution in [2.45, 2.75) is 51.1 Å². The van der Waals surface area contributed by atoms with Gasteiger partial charge in [-0.25, -0.2) is 19.6 Å². The SMILES string of the molecule is C[C@@H]1CN(Cc2ccnc(N(C)C)n2)C[C@H]1c1nc2c(cnn2C2CCCC2)c(=O)[nH]1. The Balaban J connectivity index is 1.39. The van der Waals surface area contributed by atoms with E-state index in [0.29, 0.717) is 17.3 Å². The molecule has 1 N–H and O–H groups in total. The maximum atomic E-state index is 12.8. The van der Waals surface area contributed by atoms with E-state index in [1.54, 1.807) is 6.20 Å². The van der Waals surface area contributed by atoms with E-state index in [0.717, 1.165) is 55.6 Å². The summed E-state index contributed by atoms with van der Waals surface area (Å²) in [6.45, 7) is 4.77. The predicted octanol–water partition coefficient (Wildman–Crippen LogP) is 2.33. The molecule has 31 heavy (non-hydrogen) atoms. The molecule has 5 rings (SSSR count). The van der Waals surface area contributed by atoms with E-state index in [-0.39, 0.29) is 11.5 Å². The number of hydrogen-bond acceptors (Lipinski definition) is 7. The van der Waals surface area contributed by atoms with Crippen molar-refractivity contribution in [2.24, 2.45) is 5.92 Å². The summed E-state index contributed by atoms with van der Waals surface area (Å²) >= 11 is 0. The number of aromatic amines is 1. The van der Waals surface area contributed by atoms with E-state index in [1.165, 1.54) is 12.8 Å². The zero-order chi connectivity index (χ0) is 21.5. The van der Waals surface area contributed by atoms with E-state index in [4.69, 9.17) is 4.98 Å². The van der Waals surface area contributed by atoms with E-state index < -0.39 is 0 Å². The number of H-pyrrole nitrogens is 1. The number of nitrogens with zero attached hydrogens (tertiary/aromatic N) is 7. The van der Waals surface area contributed by atoms with Crippen LogP contribution in [0.4, 0.5) is 5.95 Å². The highest BCUT2D eigenvalue weighted by molar-refractivity contribution is 5.73. The number of likely N-dealkylation sites (tertiary alicyclic amines) is 1. The first-order valence-electron chi connectivity index (χ1n) is 11.2. The molecular formula is C22H30N8O. The lowest BCUT2D eigenvalue weighted by atomic mass is 9.97. The fourth-order valence-electron chi connectivity index (χ4n) is 5.01. The normalized spacial score (nSPS) is 22.5. The van der Waals surface area contributed by atoms with Crippen LogP contribution in [0.2, 0.25) is 0 Å². The van der Waals surface area contributed by atoms with Crippen molar-refractivity contribution in [3.63, 3.8) is 0 Å². The van der Waals surface area contributed by atoms with Crippen LogP contribution in [0.25, 0.3) is 11.0 Å². The van der Waals surface area contributed by atoms with Crippen LogP contribution in [0.1, 0.15) is 56.1 Å².